The van der Waals surface area contributed by atoms with E-state index in [2.05, 4.69) is 28.0 Å². The first-order valence-electron chi connectivity index (χ1n) is 8.43. The van der Waals surface area contributed by atoms with Gasteiger partial charge in [-0.05, 0) is 25.8 Å². The highest BCUT2D eigenvalue weighted by atomic mass is 15.3. The smallest absolute Gasteiger partial charge is 0.0670 e. The molecule has 1 aromatic rings. The van der Waals surface area contributed by atoms with Gasteiger partial charge in [0.15, 0.2) is 0 Å². The average Bonchev–Trinajstić information content (AvgIpc) is 2.89. The molecule has 1 aromatic heterocycles. The quantitative estimate of drug-likeness (QED) is 0.904. The van der Waals surface area contributed by atoms with Crippen molar-refractivity contribution < 1.29 is 0 Å². The lowest BCUT2D eigenvalue weighted by Crippen LogP contribution is -2.56. The molecule has 2 aliphatic heterocycles. The predicted octanol–water partition coefficient (Wildman–Crippen LogP) is 1.15. The van der Waals surface area contributed by atoms with Crippen LogP contribution in [-0.4, -0.2) is 58.3 Å². The largest absolute Gasteiger partial charge is 0.329 e. The Morgan fingerprint density at radius 3 is 2.95 bits per heavy atom. The SMILES string of the molecule is CCc1nn(C)cc1C(CN)N1CCN2CCCCC2C1. The van der Waals surface area contributed by atoms with E-state index in [1.54, 1.807) is 0 Å². The molecular formula is C16H29N5. The Morgan fingerprint density at radius 1 is 1.33 bits per heavy atom. The maximum absolute atomic E-state index is 6.14. The van der Waals surface area contributed by atoms with Crippen molar-refractivity contribution in [2.45, 2.75) is 44.7 Å². The highest BCUT2D eigenvalue weighted by molar-refractivity contribution is 5.22. The van der Waals surface area contributed by atoms with Gasteiger partial charge in [0.05, 0.1) is 11.7 Å². The van der Waals surface area contributed by atoms with Gasteiger partial charge in [-0.2, -0.15) is 5.10 Å². The van der Waals surface area contributed by atoms with Crippen molar-refractivity contribution >= 4 is 0 Å². The van der Waals surface area contributed by atoms with E-state index in [9.17, 15) is 0 Å². The van der Waals surface area contributed by atoms with Crippen LogP contribution in [0.5, 0.6) is 0 Å². The van der Waals surface area contributed by atoms with Gasteiger partial charge in [0, 0.05) is 51.0 Å². The second kappa shape index (κ2) is 6.46. The fraction of sp³-hybridized carbons (Fsp3) is 0.812. The van der Waals surface area contributed by atoms with Gasteiger partial charge in [0.25, 0.3) is 0 Å². The van der Waals surface area contributed by atoms with Crippen LogP contribution in [0.1, 0.15) is 43.5 Å². The summed E-state index contributed by atoms with van der Waals surface area (Å²) in [5.74, 6) is 0. The fourth-order valence-corrected chi connectivity index (χ4v) is 4.04. The topological polar surface area (TPSA) is 50.3 Å². The molecule has 2 atom stereocenters. The maximum Gasteiger partial charge on any atom is 0.0670 e. The van der Waals surface area contributed by atoms with Crippen LogP contribution in [0.3, 0.4) is 0 Å². The summed E-state index contributed by atoms with van der Waals surface area (Å²) in [5, 5.41) is 4.60. The van der Waals surface area contributed by atoms with Crippen LogP contribution in [0.2, 0.25) is 0 Å². The lowest BCUT2D eigenvalue weighted by Gasteiger charge is -2.46. The number of piperazine rings is 1. The van der Waals surface area contributed by atoms with Crippen molar-refractivity contribution in [2.75, 3.05) is 32.7 Å². The second-order valence-corrected chi connectivity index (χ2v) is 6.49. The number of rotatable bonds is 4. The Kier molecular flexibility index (Phi) is 4.62. The van der Waals surface area contributed by atoms with Crippen LogP contribution in [0.15, 0.2) is 6.20 Å². The number of nitrogens with zero attached hydrogens (tertiary/aromatic N) is 4. The van der Waals surface area contributed by atoms with Gasteiger partial charge in [-0.25, -0.2) is 0 Å². The first kappa shape index (κ1) is 15.0. The van der Waals surface area contributed by atoms with E-state index in [4.69, 9.17) is 5.73 Å². The molecule has 5 heteroatoms. The predicted molar refractivity (Wildman–Crippen MR) is 85.2 cm³/mol. The Hall–Kier alpha value is -0.910. The number of aryl methyl sites for hydroxylation is 2. The molecule has 0 aliphatic carbocycles. The molecule has 2 aliphatic rings. The molecule has 2 fully saturated rings. The Labute approximate surface area is 128 Å². The third-order valence-electron chi connectivity index (χ3n) is 5.16. The minimum Gasteiger partial charge on any atom is -0.329 e. The molecular weight excluding hydrogens is 262 g/mol. The minimum atomic E-state index is 0.331. The molecule has 21 heavy (non-hydrogen) atoms. The molecule has 2 N–H and O–H groups in total. The monoisotopic (exact) mass is 291 g/mol. The zero-order valence-electron chi connectivity index (χ0n) is 13.5. The van der Waals surface area contributed by atoms with Gasteiger partial charge in [0.1, 0.15) is 0 Å². The molecule has 2 unspecified atom stereocenters. The first-order valence-corrected chi connectivity index (χ1v) is 8.43. The Bertz CT molecular complexity index is 469. The van der Waals surface area contributed by atoms with Gasteiger partial charge in [0.2, 0.25) is 0 Å². The third-order valence-corrected chi connectivity index (χ3v) is 5.16. The van der Waals surface area contributed by atoms with Gasteiger partial charge in [-0.3, -0.25) is 14.5 Å². The molecule has 0 radical (unpaired) electrons. The molecule has 118 valence electrons. The minimum absolute atomic E-state index is 0.331. The lowest BCUT2D eigenvalue weighted by molar-refractivity contribution is 0.0284. The third kappa shape index (κ3) is 3.00. The molecule has 0 amide bonds. The molecule has 3 rings (SSSR count). The number of aromatic nitrogens is 2. The molecule has 2 saturated heterocycles. The van der Waals surface area contributed by atoms with Crippen molar-refractivity contribution in [3.8, 4) is 0 Å². The average molecular weight is 291 g/mol. The normalized spacial score (nSPS) is 25.8. The maximum atomic E-state index is 6.14. The van der Waals surface area contributed by atoms with Crippen molar-refractivity contribution in [2.24, 2.45) is 12.8 Å². The van der Waals surface area contributed by atoms with Crippen LogP contribution >= 0.6 is 0 Å². The van der Waals surface area contributed by atoms with Crippen LogP contribution in [-0.2, 0) is 13.5 Å². The first-order chi connectivity index (χ1) is 10.2. The van der Waals surface area contributed by atoms with Crippen molar-refractivity contribution in [3.63, 3.8) is 0 Å². The van der Waals surface area contributed by atoms with Crippen molar-refractivity contribution in [1.82, 2.24) is 19.6 Å². The molecule has 0 saturated carbocycles. The number of hydrogen-bond acceptors (Lipinski definition) is 4. The summed E-state index contributed by atoms with van der Waals surface area (Å²) in [7, 11) is 2.01. The van der Waals surface area contributed by atoms with Gasteiger partial charge in [-0.1, -0.05) is 13.3 Å². The van der Waals surface area contributed by atoms with E-state index >= 15 is 0 Å². The summed E-state index contributed by atoms with van der Waals surface area (Å²) < 4.78 is 1.94. The summed E-state index contributed by atoms with van der Waals surface area (Å²) in [6, 6.07) is 1.07. The van der Waals surface area contributed by atoms with Crippen molar-refractivity contribution in [1.29, 1.82) is 0 Å². The number of fused-ring (bicyclic) bond motifs is 1. The Balaban J connectivity index is 1.76. The van der Waals surface area contributed by atoms with E-state index in [1.165, 1.54) is 50.2 Å². The zero-order chi connectivity index (χ0) is 14.8. The van der Waals surface area contributed by atoms with Crippen LogP contribution in [0.4, 0.5) is 0 Å². The van der Waals surface area contributed by atoms with E-state index in [0.29, 0.717) is 12.6 Å². The standard InChI is InChI=1S/C16H29N5/c1-3-15-14(12-19(2)18-15)16(10-17)21-9-8-20-7-5-4-6-13(20)11-21/h12-13,16H,3-11,17H2,1-2H3. The van der Waals surface area contributed by atoms with Crippen LogP contribution < -0.4 is 5.73 Å². The molecule has 5 nitrogen and oxygen atoms in total. The highest BCUT2D eigenvalue weighted by Crippen LogP contribution is 2.28. The summed E-state index contributed by atoms with van der Waals surface area (Å²) in [6.07, 6.45) is 7.26. The molecule has 3 heterocycles. The summed E-state index contributed by atoms with van der Waals surface area (Å²) in [6.45, 7) is 7.65. The molecule has 0 aromatic carbocycles. The van der Waals surface area contributed by atoms with E-state index in [1.807, 2.05) is 11.7 Å². The van der Waals surface area contributed by atoms with Crippen LogP contribution in [0.25, 0.3) is 0 Å². The van der Waals surface area contributed by atoms with E-state index in [-0.39, 0.29) is 0 Å². The summed E-state index contributed by atoms with van der Waals surface area (Å²) in [5.41, 5.74) is 8.69. The van der Waals surface area contributed by atoms with Gasteiger partial charge in [-0.15, -0.1) is 0 Å². The second-order valence-electron chi connectivity index (χ2n) is 6.49. The molecule has 0 spiro atoms. The Morgan fingerprint density at radius 2 is 2.19 bits per heavy atom. The molecule has 0 bridgehead atoms. The van der Waals surface area contributed by atoms with Gasteiger partial charge < -0.3 is 5.73 Å². The fourth-order valence-electron chi connectivity index (χ4n) is 4.04. The van der Waals surface area contributed by atoms with Crippen molar-refractivity contribution in [3.05, 3.63) is 17.5 Å². The summed E-state index contributed by atoms with van der Waals surface area (Å²) >= 11 is 0. The van der Waals surface area contributed by atoms with E-state index in [0.717, 1.165) is 19.0 Å². The van der Waals surface area contributed by atoms with E-state index < -0.39 is 0 Å². The number of nitrogens with two attached hydrogens (primary N) is 1. The number of piperidine rings is 1. The lowest BCUT2D eigenvalue weighted by atomic mass is 9.96. The number of hydrogen-bond donors (Lipinski definition) is 1. The van der Waals surface area contributed by atoms with Gasteiger partial charge >= 0.3 is 0 Å². The zero-order valence-corrected chi connectivity index (χ0v) is 13.5. The van der Waals surface area contributed by atoms with Crippen LogP contribution in [0, 0.1) is 0 Å². The summed E-state index contributed by atoms with van der Waals surface area (Å²) in [4.78, 5) is 5.28. The highest BCUT2D eigenvalue weighted by Gasteiger charge is 2.33.